The van der Waals surface area contributed by atoms with Crippen LogP contribution in [0.5, 0.6) is 0 Å². The second-order valence-electron chi connectivity index (χ2n) is 9.57. The van der Waals surface area contributed by atoms with Crippen LogP contribution >= 0.6 is 0 Å². The largest absolute Gasteiger partial charge is 0.377 e. The number of likely N-dealkylation sites (tertiary alicyclic amines) is 1. The van der Waals surface area contributed by atoms with Gasteiger partial charge in [-0.3, -0.25) is 19.2 Å². The van der Waals surface area contributed by atoms with Gasteiger partial charge in [0.05, 0.1) is 31.8 Å². The molecular formula is C25H34FN5O6. The van der Waals surface area contributed by atoms with E-state index in [-0.39, 0.29) is 49.9 Å². The summed E-state index contributed by atoms with van der Waals surface area (Å²) in [5.41, 5.74) is -0.517. The van der Waals surface area contributed by atoms with Crippen molar-refractivity contribution < 1.29 is 33.0 Å². The minimum absolute atomic E-state index is 0.00418. The van der Waals surface area contributed by atoms with E-state index in [1.807, 2.05) is 0 Å². The number of carbonyl (C=O) groups excluding carboxylic acids is 4. The molecule has 0 bridgehead atoms. The number of halogens is 1. The van der Waals surface area contributed by atoms with E-state index in [9.17, 15) is 23.6 Å². The summed E-state index contributed by atoms with van der Waals surface area (Å²) in [5.74, 6) is -1.50. The number of rotatable bonds is 1. The summed E-state index contributed by atoms with van der Waals surface area (Å²) >= 11 is 0. The lowest BCUT2D eigenvalue weighted by molar-refractivity contribution is -0.144. The predicted octanol–water partition coefficient (Wildman–Crippen LogP) is -0.730. The number of hydrogen-bond acceptors (Lipinski definition) is 7. The number of piperidine rings is 1. The second kappa shape index (κ2) is 12.4. The van der Waals surface area contributed by atoms with E-state index in [4.69, 9.17) is 9.47 Å². The van der Waals surface area contributed by atoms with Crippen molar-refractivity contribution in [3.8, 4) is 0 Å². The molecule has 3 N–H and O–H groups in total. The fourth-order valence-corrected chi connectivity index (χ4v) is 4.97. The highest BCUT2D eigenvalue weighted by Gasteiger charge is 2.42. The van der Waals surface area contributed by atoms with Crippen molar-refractivity contribution in [1.29, 1.82) is 0 Å². The first kappa shape index (κ1) is 27.0. The second-order valence-corrected chi connectivity index (χ2v) is 9.57. The first-order valence-electron chi connectivity index (χ1n) is 12.7. The van der Waals surface area contributed by atoms with Crippen LogP contribution in [0, 0.1) is 5.82 Å². The zero-order chi connectivity index (χ0) is 26.3. The van der Waals surface area contributed by atoms with Crippen LogP contribution in [0.1, 0.15) is 29.6 Å². The molecule has 1 atom stereocenters. The molecule has 4 rings (SSSR count). The highest BCUT2D eigenvalue weighted by atomic mass is 19.1. The van der Waals surface area contributed by atoms with Crippen molar-refractivity contribution >= 4 is 23.6 Å². The zero-order valence-electron chi connectivity index (χ0n) is 20.8. The van der Waals surface area contributed by atoms with Crippen LogP contribution in [-0.2, 0) is 23.9 Å². The Morgan fingerprint density at radius 3 is 2.46 bits per heavy atom. The summed E-state index contributed by atoms with van der Waals surface area (Å²) in [5, 5.41) is 8.99. The van der Waals surface area contributed by atoms with Gasteiger partial charge in [0, 0.05) is 44.8 Å². The Balaban J connectivity index is 1.50. The quantitative estimate of drug-likeness (QED) is 0.446. The van der Waals surface area contributed by atoms with Gasteiger partial charge < -0.3 is 35.2 Å². The van der Waals surface area contributed by atoms with Gasteiger partial charge >= 0.3 is 0 Å². The molecule has 3 saturated heterocycles. The van der Waals surface area contributed by atoms with Crippen molar-refractivity contribution in [2.45, 2.75) is 30.8 Å². The third-order valence-electron chi connectivity index (χ3n) is 7.01. The molecule has 1 aromatic carbocycles. The molecule has 0 radical (unpaired) electrons. The third kappa shape index (κ3) is 7.02. The Labute approximate surface area is 215 Å². The van der Waals surface area contributed by atoms with Crippen molar-refractivity contribution in [1.82, 2.24) is 25.8 Å². The van der Waals surface area contributed by atoms with Crippen LogP contribution in [0.4, 0.5) is 4.39 Å². The minimum Gasteiger partial charge on any atom is -0.377 e. The molecule has 3 fully saturated rings. The fraction of sp³-hybridized carbons (Fsp3) is 0.600. The average Bonchev–Trinajstić information content (AvgIpc) is 2.90. The topological polar surface area (TPSA) is 129 Å². The Morgan fingerprint density at radius 1 is 0.973 bits per heavy atom. The highest BCUT2D eigenvalue weighted by molar-refractivity contribution is 5.94. The SMILES string of the molecule is O=C1COCCOCCNC(=O)[C@@H]2CNCCN2C(=O)CC2(CCN(C(=O)c3ccc(F)cc3)CC2)N1. The normalized spacial score (nSPS) is 24.2. The molecule has 12 heteroatoms. The molecule has 3 aliphatic rings. The summed E-state index contributed by atoms with van der Waals surface area (Å²) in [6.45, 7) is 2.81. The molecule has 3 aliphatic heterocycles. The Hall–Kier alpha value is -3.09. The van der Waals surface area contributed by atoms with E-state index in [0.29, 0.717) is 64.3 Å². The summed E-state index contributed by atoms with van der Waals surface area (Å²) in [6.07, 6.45) is 0.706. The van der Waals surface area contributed by atoms with E-state index in [1.54, 1.807) is 9.80 Å². The predicted molar refractivity (Wildman–Crippen MR) is 130 cm³/mol. The maximum absolute atomic E-state index is 13.5. The van der Waals surface area contributed by atoms with Gasteiger partial charge in [0.2, 0.25) is 17.7 Å². The lowest BCUT2D eigenvalue weighted by atomic mass is 9.83. The highest BCUT2D eigenvalue weighted by Crippen LogP contribution is 2.28. The molecule has 11 nitrogen and oxygen atoms in total. The number of piperazine rings is 1. The van der Waals surface area contributed by atoms with Gasteiger partial charge in [0.1, 0.15) is 18.5 Å². The van der Waals surface area contributed by atoms with Crippen LogP contribution in [-0.4, -0.2) is 111 Å². The average molecular weight is 520 g/mol. The van der Waals surface area contributed by atoms with Crippen LogP contribution < -0.4 is 16.0 Å². The molecule has 3 heterocycles. The monoisotopic (exact) mass is 519 g/mol. The molecule has 0 aromatic heterocycles. The number of amides is 4. The van der Waals surface area contributed by atoms with Crippen LogP contribution in [0.15, 0.2) is 24.3 Å². The number of benzene rings is 1. The number of nitrogens with zero attached hydrogens (tertiary/aromatic N) is 2. The summed E-state index contributed by atoms with van der Waals surface area (Å²) in [6, 6.07) is 4.70. The van der Waals surface area contributed by atoms with E-state index in [0.717, 1.165) is 0 Å². The lowest BCUT2D eigenvalue weighted by Gasteiger charge is -2.44. The minimum atomic E-state index is -0.892. The number of nitrogens with one attached hydrogen (secondary N) is 3. The number of ether oxygens (including phenoxy) is 2. The van der Waals surface area contributed by atoms with Gasteiger partial charge in [0.25, 0.3) is 5.91 Å². The molecule has 37 heavy (non-hydrogen) atoms. The maximum atomic E-state index is 13.5. The van der Waals surface area contributed by atoms with E-state index >= 15 is 0 Å². The van der Waals surface area contributed by atoms with E-state index in [1.165, 1.54) is 24.3 Å². The van der Waals surface area contributed by atoms with E-state index < -0.39 is 17.4 Å². The Kier molecular flexibility index (Phi) is 9.06. The fourth-order valence-electron chi connectivity index (χ4n) is 4.97. The van der Waals surface area contributed by atoms with Gasteiger partial charge in [-0.05, 0) is 37.1 Å². The molecule has 0 aliphatic carbocycles. The smallest absolute Gasteiger partial charge is 0.253 e. The number of fused-ring (bicyclic) bond motifs is 1. The van der Waals surface area contributed by atoms with Gasteiger partial charge in [-0.2, -0.15) is 0 Å². The molecule has 0 unspecified atom stereocenters. The Bertz CT molecular complexity index is 982. The first-order chi connectivity index (χ1) is 17.9. The summed E-state index contributed by atoms with van der Waals surface area (Å²) in [4.78, 5) is 55.3. The molecule has 1 spiro atoms. The molecular weight excluding hydrogens is 485 g/mol. The van der Waals surface area contributed by atoms with Crippen LogP contribution in [0.3, 0.4) is 0 Å². The Morgan fingerprint density at radius 2 is 1.70 bits per heavy atom. The molecule has 1 aromatic rings. The van der Waals surface area contributed by atoms with Crippen LogP contribution in [0.2, 0.25) is 0 Å². The number of hydrogen-bond donors (Lipinski definition) is 3. The van der Waals surface area contributed by atoms with Crippen LogP contribution in [0.25, 0.3) is 0 Å². The standard InChI is InChI=1S/C25H34FN5O6/c26-19-3-1-18(2-4-19)24(35)30-9-5-25(6-10-30)15-22(33)31-11-7-27-16-20(31)23(34)28-8-12-36-13-14-37-17-21(32)29-25/h1-4,20,27H,5-17H2,(H,28,34)(H,29,32)/t20-/m0/s1. The first-order valence-corrected chi connectivity index (χ1v) is 12.7. The lowest BCUT2D eigenvalue weighted by Crippen LogP contribution is -2.63. The summed E-state index contributed by atoms with van der Waals surface area (Å²) < 4.78 is 24.1. The van der Waals surface area contributed by atoms with Crippen molar-refractivity contribution in [3.63, 3.8) is 0 Å². The zero-order valence-corrected chi connectivity index (χ0v) is 20.8. The third-order valence-corrected chi connectivity index (χ3v) is 7.01. The molecule has 4 amide bonds. The van der Waals surface area contributed by atoms with Crippen molar-refractivity contribution in [2.24, 2.45) is 0 Å². The van der Waals surface area contributed by atoms with Crippen molar-refractivity contribution in [2.75, 3.05) is 65.7 Å². The maximum Gasteiger partial charge on any atom is 0.253 e. The molecule has 0 saturated carbocycles. The molecule has 202 valence electrons. The van der Waals surface area contributed by atoms with Crippen molar-refractivity contribution in [3.05, 3.63) is 35.6 Å². The van der Waals surface area contributed by atoms with Gasteiger partial charge in [0.15, 0.2) is 0 Å². The number of carbonyl (C=O) groups is 4. The van der Waals surface area contributed by atoms with Gasteiger partial charge in [-0.15, -0.1) is 0 Å². The van der Waals surface area contributed by atoms with Gasteiger partial charge in [-0.1, -0.05) is 0 Å². The summed E-state index contributed by atoms with van der Waals surface area (Å²) in [7, 11) is 0. The van der Waals surface area contributed by atoms with E-state index in [2.05, 4.69) is 16.0 Å². The van der Waals surface area contributed by atoms with Gasteiger partial charge in [-0.25, -0.2) is 4.39 Å².